The highest BCUT2D eigenvalue weighted by atomic mass is 35.5. The maximum absolute atomic E-state index is 12.2. The van der Waals surface area contributed by atoms with Crippen LogP contribution in [0, 0.1) is 6.92 Å². The van der Waals surface area contributed by atoms with Gasteiger partial charge in [0.2, 0.25) is 5.91 Å². The van der Waals surface area contributed by atoms with E-state index in [1.165, 1.54) is 0 Å². The van der Waals surface area contributed by atoms with Gasteiger partial charge >= 0.3 is 13.6 Å². The van der Waals surface area contributed by atoms with Crippen LogP contribution in [0.3, 0.4) is 0 Å². The largest absolute Gasteiger partial charge is 0.480 e. The number of hydrogen-bond donors (Lipinski definition) is 5. The lowest BCUT2D eigenvalue weighted by Crippen LogP contribution is -2.43. The third-order valence-electron chi connectivity index (χ3n) is 3.77. The Kier molecular flexibility index (Phi) is 18.3. The highest BCUT2D eigenvalue weighted by Gasteiger charge is 2.24. The zero-order valence-corrected chi connectivity index (χ0v) is 21.2. The summed E-state index contributed by atoms with van der Waals surface area (Å²) in [5.41, 5.74) is 3.21. The first-order chi connectivity index (χ1) is 14.9. The van der Waals surface area contributed by atoms with E-state index in [1.54, 1.807) is 12.0 Å². The van der Waals surface area contributed by atoms with Crippen LogP contribution in [0.1, 0.15) is 25.0 Å². The molecule has 0 bridgehead atoms. The van der Waals surface area contributed by atoms with Crippen molar-refractivity contribution in [1.29, 1.82) is 0 Å². The number of carboxylic acid groups (broad SMARTS) is 1. The molecule has 1 rings (SSSR count). The normalized spacial score (nSPS) is 11.4. The number of amides is 1. The van der Waals surface area contributed by atoms with Crippen LogP contribution in [0.25, 0.3) is 0 Å². The number of nitrogens with one attached hydrogen (secondary N) is 2. The van der Waals surface area contributed by atoms with Crippen LogP contribution in [0.4, 0.5) is 5.69 Å². The Morgan fingerprint density at radius 2 is 1.84 bits per heavy atom. The molecule has 1 aromatic carbocycles. The highest BCUT2D eigenvalue weighted by Crippen LogP contribution is 2.31. The van der Waals surface area contributed by atoms with Crippen LogP contribution in [0.15, 0.2) is 18.2 Å². The van der Waals surface area contributed by atoms with Crippen molar-refractivity contribution in [2.45, 2.75) is 33.2 Å². The van der Waals surface area contributed by atoms with Crippen LogP contribution in [0.2, 0.25) is 0 Å². The average Bonchev–Trinajstić information content (AvgIpc) is 2.69. The van der Waals surface area contributed by atoms with Crippen molar-refractivity contribution >= 4 is 36.8 Å². The first-order valence-electron chi connectivity index (χ1n) is 9.90. The molecule has 1 atom stereocenters. The van der Waals surface area contributed by atoms with E-state index in [1.807, 2.05) is 40.1 Å². The van der Waals surface area contributed by atoms with E-state index >= 15 is 0 Å². The fourth-order valence-corrected chi connectivity index (χ4v) is 3.16. The summed E-state index contributed by atoms with van der Waals surface area (Å²) in [6, 6.07) is 6.05. The van der Waals surface area contributed by atoms with Crippen molar-refractivity contribution in [2.24, 2.45) is 0 Å². The van der Waals surface area contributed by atoms with E-state index in [0.717, 1.165) is 23.2 Å². The molecule has 1 amide bonds. The Morgan fingerprint density at radius 3 is 2.25 bits per heavy atom. The zero-order valence-electron chi connectivity index (χ0n) is 19.6. The van der Waals surface area contributed by atoms with E-state index in [4.69, 9.17) is 31.2 Å². The second-order valence-electron chi connectivity index (χ2n) is 6.78. The van der Waals surface area contributed by atoms with Crippen LogP contribution in [-0.2, 0) is 25.3 Å². The van der Waals surface area contributed by atoms with Crippen LogP contribution in [-0.4, -0.2) is 79.3 Å². The van der Waals surface area contributed by atoms with Gasteiger partial charge < -0.3 is 29.8 Å². The summed E-state index contributed by atoms with van der Waals surface area (Å²) in [5.74, 6) is -1.25. The molecule has 0 fully saturated rings. The minimum atomic E-state index is -4.10. The predicted molar refractivity (Wildman–Crippen MR) is 128 cm³/mol. The van der Waals surface area contributed by atoms with Gasteiger partial charge in [0, 0.05) is 7.11 Å². The van der Waals surface area contributed by atoms with Gasteiger partial charge in [-0.15, -0.1) is 11.6 Å². The minimum Gasteiger partial charge on any atom is -0.480 e. The Labute approximate surface area is 195 Å². The number of carboxylic acids is 1. The summed E-state index contributed by atoms with van der Waals surface area (Å²) >= 11 is 5.76. The number of aliphatic carboxylic acids is 1. The smallest absolute Gasteiger partial charge is 0.339 e. The molecule has 0 aromatic heterocycles. The second-order valence-corrected chi connectivity index (χ2v) is 8.69. The first kappa shape index (κ1) is 32.7. The molecular formula is C20H37ClN3O7P. The standard InChI is InChI=1S/C15H22ClNO2.C3H8NO5P.C2H7N/c1-5-13-8-6-7-11(2)15(13)17(14(18)9-16)12(3)10-19-4;5-3(6)1-4-2-10(7,8)9;1-3-2/h6-8,12H,5,9-10H2,1-4H3;4H,1-2H2,(H,5,6)(H2,7,8,9);3H,1-2H3. The van der Waals surface area contributed by atoms with Gasteiger partial charge in [-0.1, -0.05) is 25.1 Å². The molecule has 0 radical (unpaired) electrons. The number of hydrogen-bond acceptors (Lipinski definition) is 6. The lowest BCUT2D eigenvalue weighted by Gasteiger charge is -2.31. The lowest BCUT2D eigenvalue weighted by atomic mass is 10.0. The molecule has 0 saturated carbocycles. The van der Waals surface area contributed by atoms with Gasteiger partial charge in [0.1, 0.15) is 5.88 Å². The molecule has 1 unspecified atom stereocenters. The summed E-state index contributed by atoms with van der Waals surface area (Å²) in [6.07, 6.45) is 0.280. The van der Waals surface area contributed by atoms with Crippen molar-refractivity contribution in [2.75, 3.05) is 51.4 Å². The number of rotatable bonds is 10. The van der Waals surface area contributed by atoms with Gasteiger partial charge in [0.15, 0.2) is 0 Å². The molecule has 0 aliphatic carbocycles. The van der Waals surface area contributed by atoms with E-state index in [2.05, 4.69) is 23.6 Å². The maximum atomic E-state index is 12.2. The number of ether oxygens (including phenoxy) is 1. The summed E-state index contributed by atoms with van der Waals surface area (Å²) in [5, 5.41) is 12.8. The molecule has 1 aromatic rings. The number of carbonyl (C=O) groups excluding carboxylic acids is 1. The third kappa shape index (κ3) is 14.5. The van der Waals surface area contributed by atoms with Crippen molar-refractivity contribution in [3.05, 3.63) is 29.3 Å². The number of para-hydroxylation sites is 1. The summed E-state index contributed by atoms with van der Waals surface area (Å²) < 4.78 is 15.2. The molecule has 32 heavy (non-hydrogen) atoms. The van der Waals surface area contributed by atoms with E-state index in [-0.39, 0.29) is 17.8 Å². The van der Waals surface area contributed by atoms with Crippen LogP contribution >= 0.6 is 19.2 Å². The maximum Gasteiger partial charge on any atom is 0.339 e. The summed E-state index contributed by atoms with van der Waals surface area (Å²) in [6.45, 7) is 6.12. The fourth-order valence-electron chi connectivity index (χ4n) is 2.63. The number of halogens is 1. The van der Waals surface area contributed by atoms with E-state index in [0.29, 0.717) is 6.61 Å². The number of alkyl halides is 1. The van der Waals surface area contributed by atoms with Crippen molar-refractivity contribution in [3.8, 4) is 0 Å². The molecule has 0 saturated heterocycles. The van der Waals surface area contributed by atoms with Crippen LogP contribution < -0.4 is 15.5 Å². The number of carbonyl (C=O) groups is 2. The molecule has 10 nitrogen and oxygen atoms in total. The number of anilines is 1. The lowest BCUT2D eigenvalue weighted by molar-refractivity contribution is -0.135. The molecule has 0 spiro atoms. The van der Waals surface area contributed by atoms with Gasteiger partial charge in [-0.3, -0.25) is 19.5 Å². The zero-order chi connectivity index (χ0) is 25.3. The van der Waals surface area contributed by atoms with Gasteiger partial charge in [0.25, 0.3) is 0 Å². The molecule has 0 heterocycles. The van der Waals surface area contributed by atoms with Gasteiger partial charge in [-0.2, -0.15) is 0 Å². The minimum absolute atomic E-state index is 0.0223. The van der Waals surface area contributed by atoms with E-state index in [9.17, 15) is 14.2 Å². The fraction of sp³-hybridized carbons (Fsp3) is 0.600. The summed E-state index contributed by atoms with van der Waals surface area (Å²) in [7, 11) is 1.29. The monoisotopic (exact) mass is 497 g/mol. The number of benzene rings is 1. The molecule has 0 aliphatic heterocycles. The topological polar surface area (TPSA) is 148 Å². The number of aryl methyl sites for hydroxylation is 2. The van der Waals surface area contributed by atoms with Crippen molar-refractivity contribution in [1.82, 2.24) is 10.6 Å². The van der Waals surface area contributed by atoms with Crippen molar-refractivity contribution < 1.29 is 33.8 Å². The molecule has 5 N–H and O–H groups in total. The Bertz CT molecular complexity index is 731. The van der Waals surface area contributed by atoms with Gasteiger partial charge in [0.05, 0.1) is 31.2 Å². The Hall–Kier alpha value is -1.52. The van der Waals surface area contributed by atoms with Gasteiger partial charge in [-0.05, 0) is 45.5 Å². The van der Waals surface area contributed by atoms with Crippen molar-refractivity contribution in [3.63, 3.8) is 0 Å². The second kappa shape index (κ2) is 18.0. The third-order valence-corrected chi connectivity index (χ3v) is 4.63. The predicted octanol–water partition coefficient (Wildman–Crippen LogP) is 1.80. The summed E-state index contributed by atoms with van der Waals surface area (Å²) in [4.78, 5) is 40.1. The van der Waals surface area contributed by atoms with Gasteiger partial charge in [-0.25, -0.2) is 0 Å². The molecule has 12 heteroatoms. The quantitative estimate of drug-likeness (QED) is 0.241. The SMILES string of the molecule is CCc1cccc(C)c1N(C(=O)CCl)C(C)COC.CNC.O=C(O)CNCP(=O)(O)O. The Balaban J connectivity index is 0. The highest BCUT2D eigenvalue weighted by molar-refractivity contribution is 7.51. The molecular weight excluding hydrogens is 461 g/mol. The van der Waals surface area contributed by atoms with Crippen LogP contribution in [0.5, 0.6) is 0 Å². The number of nitrogens with zero attached hydrogens (tertiary/aromatic N) is 1. The molecule has 0 aliphatic rings. The first-order valence-corrected chi connectivity index (χ1v) is 12.2. The van der Waals surface area contributed by atoms with E-state index < -0.39 is 26.4 Å². The molecule has 186 valence electrons. The average molecular weight is 498 g/mol. The number of methoxy groups -OCH3 is 1. The Morgan fingerprint density at radius 1 is 1.28 bits per heavy atom.